The summed E-state index contributed by atoms with van der Waals surface area (Å²) < 4.78 is 22.8. The van der Waals surface area contributed by atoms with Gasteiger partial charge in [0.25, 0.3) is 5.91 Å². The molecule has 130 valence electrons. The second kappa shape index (κ2) is 7.42. The highest BCUT2D eigenvalue weighted by molar-refractivity contribution is 5.95. The van der Waals surface area contributed by atoms with Crippen LogP contribution in [-0.2, 0) is 24.5 Å². The van der Waals surface area contributed by atoms with Gasteiger partial charge in [0.1, 0.15) is 5.82 Å². The van der Waals surface area contributed by atoms with Gasteiger partial charge < -0.3 is 9.47 Å². The number of ether oxygens (including phenoxy) is 2. The molecule has 1 saturated carbocycles. The maximum atomic E-state index is 13.2. The number of carbonyl (C=O) groups is 3. The van der Waals surface area contributed by atoms with Gasteiger partial charge in [0, 0.05) is 0 Å². The lowest BCUT2D eigenvalue weighted by molar-refractivity contribution is -0.160. The van der Waals surface area contributed by atoms with Crippen LogP contribution in [0.3, 0.4) is 0 Å². The molecule has 1 aromatic carbocycles. The third kappa shape index (κ3) is 3.72. The fraction of sp³-hybridized carbons (Fsp3) is 0.471. The molecule has 0 radical (unpaired) electrons. The fourth-order valence-corrected chi connectivity index (χ4v) is 2.94. The molecule has 1 N–H and O–H groups in total. The Hall–Kier alpha value is -2.44. The molecule has 0 aliphatic heterocycles. The summed E-state index contributed by atoms with van der Waals surface area (Å²) in [4.78, 5) is 35.6. The van der Waals surface area contributed by atoms with E-state index in [9.17, 15) is 18.8 Å². The average Bonchev–Trinajstić information content (AvgIpc) is 3.06. The number of rotatable bonds is 4. The molecule has 1 fully saturated rings. The van der Waals surface area contributed by atoms with Crippen molar-refractivity contribution in [1.82, 2.24) is 5.32 Å². The minimum Gasteiger partial charge on any atom is -0.453 e. The molecule has 2 amide bonds. The predicted molar refractivity (Wildman–Crippen MR) is 82.6 cm³/mol. The quantitative estimate of drug-likeness (QED) is 0.854. The molecule has 0 saturated heterocycles. The van der Waals surface area contributed by atoms with Crippen molar-refractivity contribution < 1.29 is 28.2 Å². The molecule has 0 bridgehead atoms. The maximum Gasteiger partial charge on any atom is 0.413 e. The summed E-state index contributed by atoms with van der Waals surface area (Å²) in [6.07, 6.45) is 0.766. The number of nitrogens with one attached hydrogen (secondary N) is 1. The minimum absolute atomic E-state index is 0.383. The maximum absolute atomic E-state index is 13.2. The first-order chi connectivity index (χ1) is 11.4. The van der Waals surface area contributed by atoms with Crippen LogP contribution < -0.4 is 5.32 Å². The second-order valence-electron chi connectivity index (χ2n) is 5.82. The molecular weight excluding hydrogens is 317 g/mol. The van der Waals surface area contributed by atoms with Gasteiger partial charge in [-0.15, -0.1) is 0 Å². The Balaban J connectivity index is 2.14. The molecule has 2 rings (SSSR count). The van der Waals surface area contributed by atoms with E-state index in [0.717, 1.165) is 20.0 Å². The van der Waals surface area contributed by atoms with Crippen LogP contribution in [-0.4, -0.2) is 31.2 Å². The monoisotopic (exact) mass is 337 g/mol. The number of amides is 2. The normalized spacial score (nSPS) is 17.0. The van der Waals surface area contributed by atoms with E-state index in [-0.39, 0.29) is 5.82 Å². The van der Waals surface area contributed by atoms with Crippen LogP contribution in [0.4, 0.5) is 9.18 Å². The number of hydrogen-bond acceptors (Lipinski definition) is 5. The largest absolute Gasteiger partial charge is 0.453 e. The zero-order valence-electron chi connectivity index (χ0n) is 13.6. The van der Waals surface area contributed by atoms with Gasteiger partial charge in [0.15, 0.2) is 6.10 Å². The average molecular weight is 337 g/mol. The van der Waals surface area contributed by atoms with Crippen molar-refractivity contribution in [2.24, 2.45) is 0 Å². The molecule has 0 aromatic heterocycles. The first kappa shape index (κ1) is 17.9. The van der Waals surface area contributed by atoms with Crippen molar-refractivity contribution in [3.63, 3.8) is 0 Å². The topological polar surface area (TPSA) is 81.7 Å². The Bertz CT molecular complexity index is 622. The van der Waals surface area contributed by atoms with Crippen molar-refractivity contribution in [1.29, 1.82) is 0 Å². The highest BCUT2D eigenvalue weighted by Crippen LogP contribution is 2.42. The summed E-state index contributed by atoms with van der Waals surface area (Å²) in [5, 5.41) is 1.96. The second-order valence-corrected chi connectivity index (χ2v) is 5.82. The van der Waals surface area contributed by atoms with Gasteiger partial charge in [-0.25, -0.2) is 9.18 Å². The lowest BCUT2D eigenvalue weighted by Gasteiger charge is -2.28. The Labute approximate surface area is 139 Å². The lowest BCUT2D eigenvalue weighted by atomic mass is 9.79. The van der Waals surface area contributed by atoms with E-state index < -0.39 is 29.5 Å². The van der Waals surface area contributed by atoms with E-state index in [2.05, 4.69) is 4.74 Å². The summed E-state index contributed by atoms with van der Waals surface area (Å²) >= 11 is 0. The van der Waals surface area contributed by atoms with E-state index in [0.29, 0.717) is 18.4 Å². The van der Waals surface area contributed by atoms with Gasteiger partial charge in [-0.2, -0.15) is 0 Å². The SMILES string of the molecule is COC(=O)NC(=O)[C@H](C)OC(=O)C1(c2ccc(F)cc2)CCCC1. The lowest BCUT2D eigenvalue weighted by Crippen LogP contribution is -2.43. The van der Waals surface area contributed by atoms with Crippen LogP contribution in [0, 0.1) is 5.82 Å². The highest BCUT2D eigenvalue weighted by atomic mass is 19.1. The van der Waals surface area contributed by atoms with Crippen molar-refractivity contribution in [3.05, 3.63) is 35.6 Å². The molecule has 1 aliphatic rings. The molecular formula is C17H20FNO5. The third-order valence-electron chi connectivity index (χ3n) is 4.31. The number of methoxy groups -OCH3 is 1. The van der Waals surface area contributed by atoms with E-state index in [1.54, 1.807) is 12.1 Å². The van der Waals surface area contributed by atoms with Crippen molar-refractivity contribution >= 4 is 18.0 Å². The fourth-order valence-electron chi connectivity index (χ4n) is 2.94. The number of imide groups is 1. The van der Waals surface area contributed by atoms with Gasteiger partial charge >= 0.3 is 12.1 Å². The van der Waals surface area contributed by atoms with Crippen LogP contribution in [0.5, 0.6) is 0 Å². The summed E-state index contributed by atoms with van der Waals surface area (Å²) in [5.41, 5.74) is -0.208. The van der Waals surface area contributed by atoms with Gasteiger partial charge in [-0.3, -0.25) is 14.9 Å². The van der Waals surface area contributed by atoms with E-state index in [1.807, 2.05) is 5.32 Å². The molecule has 1 aromatic rings. The summed E-state index contributed by atoms with van der Waals surface area (Å²) in [5.74, 6) is -1.69. The molecule has 1 aliphatic carbocycles. The number of hydrogen-bond donors (Lipinski definition) is 1. The highest BCUT2D eigenvalue weighted by Gasteiger charge is 2.45. The van der Waals surface area contributed by atoms with Crippen LogP contribution in [0.15, 0.2) is 24.3 Å². The van der Waals surface area contributed by atoms with Crippen LogP contribution in [0.1, 0.15) is 38.2 Å². The number of esters is 1. The number of alkyl carbamates (subject to hydrolysis) is 1. The van der Waals surface area contributed by atoms with Gasteiger partial charge in [0.05, 0.1) is 12.5 Å². The predicted octanol–water partition coefficient (Wildman–Crippen LogP) is 2.45. The number of carbonyl (C=O) groups excluding carboxylic acids is 3. The Morgan fingerprint density at radius 2 is 1.75 bits per heavy atom. The summed E-state index contributed by atoms with van der Waals surface area (Å²) in [6.45, 7) is 1.38. The standard InChI is InChI=1S/C17H20FNO5/c1-11(14(20)19-16(22)23-2)24-15(21)17(9-3-4-10-17)12-5-7-13(18)8-6-12/h5-8,11H,3-4,9-10H2,1-2H3,(H,19,20,22)/t11-/m0/s1. The number of halogens is 1. The molecule has 7 heteroatoms. The molecule has 24 heavy (non-hydrogen) atoms. The first-order valence-electron chi connectivity index (χ1n) is 7.75. The van der Waals surface area contributed by atoms with Crippen molar-refractivity contribution in [2.45, 2.75) is 44.1 Å². The van der Waals surface area contributed by atoms with Gasteiger partial charge in [-0.05, 0) is 37.5 Å². The van der Waals surface area contributed by atoms with Crippen LogP contribution in [0.25, 0.3) is 0 Å². The Kier molecular flexibility index (Phi) is 5.54. The molecule has 0 spiro atoms. The van der Waals surface area contributed by atoms with Crippen molar-refractivity contribution in [3.8, 4) is 0 Å². The van der Waals surface area contributed by atoms with Crippen molar-refractivity contribution in [2.75, 3.05) is 7.11 Å². The molecule has 6 nitrogen and oxygen atoms in total. The Morgan fingerprint density at radius 1 is 1.17 bits per heavy atom. The molecule has 0 unspecified atom stereocenters. The zero-order chi connectivity index (χ0) is 17.7. The Morgan fingerprint density at radius 3 is 2.29 bits per heavy atom. The molecule has 0 heterocycles. The van der Waals surface area contributed by atoms with E-state index in [4.69, 9.17) is 4.74 Å². The van der Waals surface area contributed by atoms with Gasteiger partial charge in [-0.1, -0.05) is 25.0 Å². The smallest absolute Gasteiger partial charge is 0.413 e. The third-order valence-corrected chi connectivity index (χ3v) is 4.31. The van der Waals surface area contributed by atoms with E-state index in [1.165, 1.54) is 19.1 Å². The van der Waals surface area contributed by atoms with E-state index >= 15 is 0 Å². The summed E-state index contributed by atoms with van der Waals surface area (Å²) in [6, 6.07) is 5.74. The molecule has 1 atom stereocenters. The van der Waals surface area contributed by atoms with Gasteiger partial charge in [0.2, 0.25) is 0 Å². The minimum atomic E-state index is -1.14. The number of benzene rings is 1. The van der Waals surface area contributed by atoms with Crippen LogP contribution in [0.2, 0.25) is 0 Å². The zero-order valence-corrected chi connectivity index (χ0v) is 13.6. The van der Waals surface area contributed by atoms with Crippen LogP contribution >= 0.6 is 0 Å². The first-order valence-corrected chi connectivity index (χ1v) is 7.75. The summed E-state index contributed by atoms with van der Waals surface area (Å²) in [7, 11) is 1.13.